The van der Waals surface area contributed by atoms with E-state index in [1.807, 2.05) is 0 Å². The van der Waals surface area contributed by atoms with E-state index < -0.39 is 0 Å². The minimum Gasteiger partial charge on any atom is -0.311 e. The molecule has 9 rings (SSSR count). The van der Waals surface area contributed by atoms with Crippen molar-refractivity contribution < 1.29 is 0 Å². The first-order chi connectivity index (χ1) is 28.4. The second kappa shape index (κ2) is 20.3. The summed E-state index contributed by atoms with van der Waals surface area (Å²) < 4.78 is 2.38. The van der Waals surface area contributed by atoms with Crippen LogP contribution in [0.5, 0.6) is 0 Å². The lowest BCUT2D eigenvalue weighted by molar-refractivity contribution is 0.544. The third-order valence-corrected chi connectivity index (χ3v) is 12.1. The van der Waals surface area contributed by atoms with Crippen LogP contribution in [0.1, 0.15) is 90.5 Å². The molecular weight excluding hydrogens is 749 g/mol. The molecule has 0 saturated heterocycles. The normalized spacial score (nSPS) is 11.7. The molecule has 0 spiro atoms. The van der Waals surface area contributed by atoms with Crippen molar-refractivity contribution in [1.82, 2.24) is 4.57 Å². The maximum Gasteiger partial charge on any atom is 0.0541 e. The van der Waals surface area contributed by atoms with Gasteiger partial charge in [0.05, 0.1) is 11.0 Å². The topological polar surface area (TPSA) is 8.17 Å². The summed E-state index contributed by atoms with van der Waals surface area (Å²) in [4.78, 5) is 2.33. The van der Waals surface area contributed by atoms with Gasteiger partial charge in [0.2, 0.25) is 0 Å². The molecule has 2 unspecified atom stereocenters. The van der Waals surface area contributed by atoms with Crippen LogP contribution in [0.3, 0.4) is 0 Å². The molecule has 62 heavy (non-hydrogen) atoms. The highest BCUT2D eigenvalue weighted by Crippen LogP contribution is 2.38. The Morgan fingerprint density at radius 2 is 0.774 bits per heavy atom. The second-order valence-corrected chi connectivity index (χ2v) is 16.0. The van der Waals surface area contributed by atoms with E-state index in [4.69, 9.17) is 0 Å². The Labute approximate surface area is 373 Å². The van der Waals surface area contributed by atoms with Crippen LogP contribution in [0.25, 0.3) is 49.7 Å². The van der Waals surface area contributed by atoms with Crippen molar-refractivity contribution in [3.05, 3.63) is 216 Å². The molecule has 0 aliphatic heterocycles. The number of benzene rings is 8. The van der Waals surface area contributed by atoms with Gasteiger partial charge in [-0.1, -0.05) is 188 Å². The number of nitrogens with zero attached hydrogens (tertiary/aromatic N) is 2. The van der Waals surface area contributed by atoms with Gasteiger partial charge in [0.1, 0.15) is 0 Å². The molecule has 0 aliphatic carbocycles. The van der Waals surface area contributed by atoms with Crippen LogP contribution in [-0.4, -0.2) is 4.57 Å². The fraction of sp³-hybridized carbons (Fsp3) is 0.200. The van der Waals surface area contributed by atoms with Crippen LogP contribution in [0.4, 0.5) is 17.1 Å². The van der Waals surface area contributed by atoms with Gasteiger partial charge in [-0.25, -0.2) is 0 Å². The van der Waals surface area contributed by atoms with Crippen LogP contribution >= 0.6 is 0 Å². The van der Waals surface area contributed by atoms with Gasteiger partial charge in [-0.05, 0) is 133 Å². The minimum atomic E-state index is 0. The fourth-order valence-electron chi connectivity index (χ4n) is 8.69. The SMILES string of the molecule is C.C.C.C.CCC(CC(C)c1ccc(-c2ccc(-n3c4ccccc4c4ccccc43)cc2)cc1)c1ccc(-c2ccc(N(c3ccc(C)cc3)c3ccc(C)cc3)cc2)cc1. The number of hydrogen-bond donors (Lipinski definition) is 0. The largest absolute Gasteiger partial charge is 0.311 e. The smallest absolute Gasteiger partial charge is 0.0541 e. The van der Waals surface area contributed by atoms with Crippen molar-refractivity contribution in [2.24, 2.45) is 0 Å². The maximum atomic E-state index is 2.38. The summed E-state index contributed by atoms with van der Waals surface area (Å²) in [5.41, 5.74) is 17.4. The van der Waals surface area contributed by atoms with Gasteiger partial charge in [0.25, 0.3) is 0 Å². The third kappa shape index (κ3) is 9.31. The molecule has 9 aromatic rings. The molecule has 0 aliphatic rings. The summed E-state index contributed by atoms with van der Waals surface area (Å²) in [7, 11) is 0. The summed E-state index contributed by atoms with van der Waals surface area (Å²) in [5, 5.41) is 2.58. The zero-order valence-electron chi connectivity index (χ0n) is 33.9. The highest BCUT2D eigenvalue weighted by molar-refractivity contribution is 6.09. The Bertz CT molecular complexity index is 2670. The summed E-state index contributed by atoms with van der Waals surface area (Å²) in [6.45, 7) is 8.97. The van der Waals surface area contributed by atoms with Gasteiger partial charge in [0.15, 0.2) is 0 Å². The first kappa shape index (κ1) is 46.4. The van der Waals surface area contributed by atoms with Crippen LogP contribution in [0, 0.1) is 13.8 Å². The van der Waals surface area contributed by atoms with E-state index in [0.717, 1.165) is 29.9 Å². The Balaban J connectivity index is 0.00000181. The highest BCUT2D eigenvalue weighted by Gasteiger charge is 2.17. The van der Waals surface area contributed by atoms with Crippen LogP contribution < -0.4 is 4.90 Å². The zero-order valence-corrected chi connectivity index (χ0v) is 33.9. The van der Waals surface area contributed by atoms with Gasteiger partial charge in [-0.15, -0.1) is 0 Å². The van der Waals surface area contributed by atoms with Crippen molar-refractivity contribution in [3.8, 4) is 27.9 Å². The number of hydrogen-bond acceptors (Lipinski definition) is 1. The van der Waals surface area contributed by atoms with Crippen molar-refractivity contribution in [2.45, 2.75) is 82.1 Å². The molecule has 0 fully saturated rings. The van der Waals surface area contributed by atoms with E-state index in [0.29, 0.717) is 11.8 Å². The van der Waals surface area contributed by atoms with Crippen molar-refractivity contribution in [3.63, 3.8) is 0 Å². The Hall–Kier alpha value is -6.64. The number of aryl methyl sites for hydroxylation is 2. The molecule has 1 aromatic heterocycles. The molecule has 0 amide bonds. The predicted molar refractivity (Wildman–Crippen MR) is 275 cm³/mol. The zero-order chi connectivity index (χ0) is 39.6. The van der Waals surface area contributed by atoms with E-state index in [1.54, 1.807) is 0 Å². The maximum absolute atomic E-state index is 2.38. The number of rotatable bonds is 11. The summed E-state index contributed by atoms with van der Waals surface area (Å²) >= 11 is 0. The highest BCUT2D eigenvalue weighted by atomic mass is 15.1. The lowest BCUT2D eigenvalue weighted by Gasteiger charge is -2.26. The predicted octanol–water partition coefficient (Wildman–Crippen LogP) is 18.4. The average molecular weight is 815 g/mol. The molecule has 316 valence electrons. The average Bonchev–Trinajstić information content (AvgIpc) is 3.62. The second-order valence-electron chi connectivity index (χ2n) is 16.0. The molecule has 8 aromatic carbocycles. The van der Waals surface area contributed by atoms with Crippen LogP contribution in [0.2, 0.25) is 0 Å². The molecule has 0 N–H and O–H groups in total. The summed E-state index contributed by atoms with van der Waals surface area (Å²) in [6, 6.07) is 71.5. The summed E-state index contributed by atoms with van der Waals surface area (Å²) in [6.07, 6.45) is 2.23. The molecule has 2 atom stereocenters. The molecule has 2 heteroatoms. The molecule has 0 radical (unpaired) electrons. The third-order valence-electron chi connectivity index (χ3n) is 12.1. The van der Waals surface area contributed by atoms with Gasteiger partial charge in [-0.3, -0.25) is 0 Å². The standard InChI is InChI=1S/C56H50N2.4CH4/c1-5-42(44-22-24-46(25-23-44)47-26-34-51(35-27-47)57(49-30-14-39(2)15-31-49)50-32-16-40(3)17-33-50)38-41(4)43-18-20-45(21-19-43)48-28-36-52(37-29-48)58-55-12-8-6-10-53(55)54-11-7-9-13-56(54)58;;;;/h6-37,41-42H,5,38H2,1-4H3;4*1H4. The first-order valence-electron chi connectivity index (χ1n) is 20.8. The number of aromatic nitrogens is 1. The Morgan fingerprint density at radius 3 is 1.19 bits per heavy atom. The van der Waals surface area contributed by atoms with Crippen molar-refractivity contribution in [1.29, 1.82) is 0 Å². The molecule has 2 nitrogen and oxygen atoms in total. The molecule has 0 bridgehead atoms. The van der Waals surface area contributed by atoms with Crippen molar-refractivity contribution >= 4 is 38.9 Å². The van der Waals surface area contributed by atoms with Crippen LogP contribution in [0.15, 0.2) is 194 Å². The van der Waals surface area contributed by atoms with E-state index in [1.165, 1.54) is 72.0 Å². The Morgan fingerprint density at radius 1 is 0.419 bits per heavy atom. The van der Waals surface area contributed by atoms with E-state index in [2.05, 4.69) is 231 Å². The van der Waals surface area contributed by atoms with E-state index >= 15 is 0 Å². The number of para-hydroxylation sites is 2. The van der Waals surface area contributed by atoms with Gasteiger partial charge < -0.3 is 9.47 Å². The quantitative estimate of drug-likeness (QED) is 0.126. The number of fused-ring (bicyclic) bond motifs is 3. The first-order valence-corrected chi connectivity index (χ1v) is 20.8. The minimum absolute atomic E-state index is 0. The van der Waals surface area contributed by atoms with Gasteiger partial charge in [0, 0.05) is 33.5 Å². The van der Waals surface area contributed by atoms with Gasteiger partial charge in [-0.2, -0.15) is 0 Å². The molecule has 1 heterocycles. The van der Waals surface area contributed by atoms with Crippen molar-refractivity contribution in [2.75, 3.05) is 4.90 Å². The fourth-order valence-corrected chi connectivity index (χ4v) is 8.69. The lowest BCUT2D eigenvalue weighted by Crippen LogP contribution is -2.09. The van der Waals surface area contributed by atoms with Gasteiger partial charge >= 0.3 is 0 Å². The molecular formula is C60H66N2. The van der Waals surface area contributed by atoms with Crippen LogP contribution in [-0.2, 0) is 0 Å². The number of anilines is 3. The lowest BCUT2D eigenvalue weighted by atomic mass is 9.84. The van der Waals surface area contributed by atoms with E-state index in [9.17, 15) is 0 Å². The monoisotopic (exact) mass is 815 g/mol. The Kier molecular flexibility index (Phi) is 15.2. The van der Waals surface area contributed by atoms with E-state index in [-0.39, 0.29) is 29.7 Å². The summed E-state index contributed by atoms with van der Waals surface area (Å²) in [5.74, 6) is 0.950. The molecule has 0 saturated carbocycles.